The Kier molecular flexibility index (Phi) is 5.50. The molecule has 0 amide bonds. The molecule has 0 radical (unpaired) electrons. The van der Waals surface area contributed by atoms with Crippen molar-refractivity contribution in [2.45, 2.75) is 34.4 Å². The van der Waals surface area contributed by atoms with Crippen molar-refractivity contribution in [2.24, 2.45) is 10.4 Å². The minimum Gasteiger partial charge on any atom is -0.443 e. The highest BCUT2D eigenvalue weighted by Gasteiger charge is 2.24. The summed E-state index contributed by atoms with van der Waals surface area (Å²) in [7, 11) is 3.60. The van der Waals surface area contributed by atoms with E-state index in [9.17, 15) is 9.59 Å². The Morgan fingerprint density at radius 3 is 2.73 bits per heavy atom. The number of hydrogen-bond donors (Lipinski definition) is 1. The lowest BCUT2D eigenvalue weighted by atomic mass is 9.98. The van der Waals surface area contributed by atoms with Gasteiger partial charge in [-0.25, -0.2) is 14.5 Å². The lowest BCUT2D eigenvalue weighted by Gasteiger charge is -2.17. The number of aromatic amines is 1. The smallest absolute Gasteiger partial charge is 0.312 e. The Morgan fingerprint density at radius 1 is 1.46 bits per heavy atom. The van der Waals surface area contributed by atoms with Crippen molar-refractivity contribution >= 4 is 29.3 Å². The maximum Gasteiger partial charge on any atom is 0.312 e. The number of carbonyl (C=O) groups excluding carboxylic acids is 1. The SMILES string of the molecule is CC#Cc1c[nH]c2c(=O)n(COC(=O)C(C)(C)C)c(N=CN(C)C)nc12. The number of fused-ring (bicyclic) bond motifs is 1. The molecule has 138 valence electrons. The van der Waals surface area contributed by atoms with Gasteiger partial charge < -0.3 is 14.6 Å². The first-order valence-corrected chi connectivity index (χ1v) is 8.07. The summed E-state index contributed by atoms with van der Waals surface area (Å²) in [4.78, 5) is 38.2. The highest BCUT2D eigenvalue weighted by atomic mass is 16.5. The Labute approximate surface area is 151 Å². The van der Waals surface area contributed by atoms with Crippen LogP contribution in [0.15, 0.2) is 16.0 Å². The monoisotopic (exact) mass is 357 g/mol. The molecule has 8 heteroatoms. The van der Waals surface area contributed by atoms with E-state index in [2.05, 4.69) is 26.8 Å². The summed E-state index contributed by atoms with van der Waals surface area (Å²) in [6.45, 7) is 6.66. The average Bonchev–Trinajstić information content (AvgIpc) is 2.94. The normalized spacial score (nSPS) is 11.5. The quantitative estimate of drug-likeness (QED) is 0.390. The van der Waals surface area contributed by atoms with E-state index >= 15 is 0 Å². The predicted molar refractivity (Wildman–Crippen MR) is 100 cm³/mol. The third-order valence-electron chi connectivity index (χ3n) is 3.37. The van der Waals surface area contributed by atoms with Crippen molar-refractivity contribution < 1.29 is 9.53 Å². The van der Waals surface area contributed by atoms with Gasteiger partial charge in [-0.2, -0.15) is 0 Å². The van der Waals surface area contributed by atoms with Crippen LogP contribution in [0.1, 0.15) is 33.3 Å². The van der Waals surface area contributed by atoms with E-state index in [1.54, 1.807) is 52.9 Å². The number of ether oxygens (including phenoxy) is 1. The van der Waals surface area contributed by atoms with Crippen LogP contribution in [-0.2, 0) is 16.3 Å². The van der Waals surface area contributed by atoms with Crippen LogP contribution in [0.5, 0.6) is 0 Å². The van der Waals surface area contributed by atoms with Gasteiger partial charge in [0.05, 0.1) is 17.3 Å². The van der Waals surface area contributed by atoms with Gasteiger partial charge in [-0.1, -0.05) is 5.92 Å². The van der Waals surface area contributed by atoms with Gasteiger partial charge in [0, 0.05) is 20.3 Å². The lowest BCUT2D eigenvalue weighted by molar-refractivity contribution is -0.157. The molecule has 0 spiro atoms. The van der Waals surface area contributed by atoms with Gasteiger partial charge in [-0.3, -0.25) is 9.59 Å². The van der Waals surface area contributed by atoms with E-state index in [-0.39, 0.29) is 18.2 Å². The molecule has 0 unspecified atom stereocenters. The number of hydrogen-bond acceptors (Lipinski definition) is 5. The second-order valence-electron chi connectivity index (χ2n) is 6.97. The first-order valence-electron chi connectivity index (χ1n) is 8.07. The molecular formula is C18H23N5O3. The van der Waals surface area contributed by atoms with E-state index < -0.39 is 11.4 Å². The van der Waals surface area contributed by atoms with Crippen LogP contribution in [0, 0.1) is 17.3 Å². The van der Waals surface area contributed by atoms with Crippen LogP contribution in [0.3, 0.4) is 0 Å². The second-order valence-corrected chi connectivity index (χ2v) is 6.97. The zero-order valence-electron chi connectivity index (χ0n) is 15.9. The lowest BCUT2D eigenvalue weighted by Crippen LogP contribution is -2.28. The molecule has 0 fully saturated rings. The molecule has 0 saturated heterocycles. The van der Waals surface area contributed by atoms with Crippen molar-refractivity contribution in [1.82, 2.24) is 19.4 Å². The van der Waals surface area contributed by atoms with Gasteiger partial charge in [-0.05, 0) is 27.7 Å². The van der Waals surface area contributed by atoms with Crippen molar-refractivity contribution in [3.63, 3.8) is 0 Å². The standard InChI is InChI=1S/C18H23N5O3/c1-7-8-12-9-19-14-13(12)21-17(20-10-22(5)6)23(15(14)24)11-26-16(25)18(2,3)4/h9-10,19H,11H2,1-6H3. The van der Waals surface area contributed by atoms with E-state index in [0.717, 1.165) is 0 Å². The third-order valence-corrected chi connectivity index (χ3v) is 3.37. The molecule has 2 aromatic rings. The molecule has 26 heavy (non-hydrogen) atoms. The summed E-state index contributed by atoms with van der Waals surface area (Å²) in [6, 6.07) is 0. The largest absolute Gasteiger partial charge is 0.443 e. The summed E-state index contributed by atoms with van der Waals surface area (Å²) in [5.41, 5.74) is 0.281. The first kappa shape index (κ1) is 19.2. The molecule has 0 bridgehead atoms. The molecule has 0 atom stereocenters. The number of nitrogens with zero attached hydrogens (tertiary/aromatic N) is 4. The van der Waals surface area contributed by atoms with Crippen LogP contribution >= 0.6 is 0 Å². The molecule has 0 saturated carbocycles. The predicted octanol–water partition coefficient (Wildman–Crippen LogP) is 1.86. The average molecular weight is 357 g/mol. The zero-order valence-corrected chi connectivity index (χ0v) is 15.9. The third kappa shape index (κ3) is 4.11. The van der Waals surface area contributed by atoms with Crippen LogP contribution in [-0.4, -0.2) is 45.8 Å². The maximum atomic E-state index is 12.8. The summed E-state index contributed by atoms with van der Waals surface area (Å²) < 4.78 is 6.49. The molecular weight excluding hydrogens is 334 g/mol. The molecule has 2 aromatic heterocycles. The fraction of sp³-hybridized carbons (Fsp3) is 0.444. The fourth-order valence-electron chi connectivity index (χ4n) is 2.03. The van der Waals surface area contributed by atoms with Crippen molar-refractivity contribution in [2.75, 3.05) is 14.1 Å². The van der Waals surface area contributed by atoms with Crippen LogP contribution in [0.2, 0.25) is 0 Å². The van der Waals surface area contributed by atoms with Crippen molar-refractivity contribution in [3.8, 4) is 11.8 Å². The van der Waals surface area contributed by atoms with E-state index in [4.69, 9.17) is 4.74 Å². The minimum atomic E-state index is -0.676. The summed E-state index contributed by atoms with van der Waals surface area (Å²) in [5.74, 6) is 5.40. The summed E-state index contributed by atoms with van der Waals surface area (Å²) >= 11 is 0. The number of carbonyl (C=O) groups is 1. The van der Waals surface area contributed by atoms with Crippen molar-refractivity contribution in [3.05, 3.63) is 22.1 Å². The van der Waals surface area contributed by atoms with Crippen LogP contribution < -0.4 is 5.56 Å². The highest BCUT2D eigenvalue weighted by molar-refractivity contribution is 5.82. The van der Waals surface area contributed by atoms with Gasteiger partial charge in [0.25, 0.3) is 5.56 Å². The van der Waals surface area contributed by atoms with E-state index in [1.165, 1.54) is 10.9 Å². The molecule has 0 aliphatic carbocycles. The van der Waals surface area contributed by atoms with Gasteiger partial charge in [0.1, 0.15) is 11.0 Å². The van der Waals surface area contributed by atoms with Gasteiger partial charge in [-0.15, -0.1) is 5.92 Å². The number of aliphatic imine (C=N–C) groups is 1. The maximum absolute atomic E-state index is 12.8. The van der Waals surface area contributed by atoms with E-state index in [1.807, 2.05) is 0 Å². The molecule has 0 aliphatic heterocycles. The number of esters is 1. The molecule has 0 aliphatic rings. The Hall–Kier alpha value is -3.08. The summed E-state index contributed by atoms with van der Waals surface area (Å²) in [5, 5.41) is 0. The number of aromatic nitrogens is 3. The topological polar surface area (TPSA) is 92.6 Å². The van der Waals surface area contributed by atoms with Gasteiger partial charge in [0.15, 0.2) is 6.73 Å². The molecule has 0 aromatic carbocycles. The van der Waals surface area contributed by atoms with Gasteiger partial charge >= 0.3 is 5.97 Å². The van der Waals surface area contributed by atoms with Crippen LogP contribution in [0.4, 0.5) is 5.95 Å². The summed E-state index contributed by atoms with van der Waals surface area (Å²) in [6.07, 6.45) is 3.15. The van der Waals surface area contributed by atoms with Crippen LogP contribution in [0.25, 0.3) is 11.0 Å². The molecule has 2 rings (SSSR count). The minimum absolute atomic E-state index is 0.136. The van der Waals surface area contributed by atoms with E-state index in [0.29, 0.717) is 16.6 Å². The highest BCUT2D eigenvalue weighted by Crippen LogP contribution is 2.19. The Balaban J connectivity index is 2.57. The first-order chi connectivity index (χ1) is 12.1. The fourth-order valence-corrected chi connectivity index (χ4v) is 2.03. The number of nitrogens with one attached hydrogen (secondary N) is 1. The second kappa shape index (κ2) is 7.44. The molecule has 8 nitrogen and oxygen atoms in total. The number of H-pyrrole nitrogens is 1. The zero-order chi connectivity index (χ0) is 19.5. The van der Waals surface area contributed by atoms with Crippen molar-refractivity contribution in [1.29, 1.82) is 0 Å². The Morgan fingerprint density at radius 2 is 2.15 bits per heavy atom. The van der Waals surface area contributed by atoms with Gasteiger partial charge in [0.2, 0.25) is 5.95 Å². The molecule has 1 N–H and O–H groups in total. The number of rotatable bonds is 4. The molecule has 2 heterocycles. The Bertz CT molecular complexity index is 965.